The number of nitrogens with one attached hydrogen (secondary N) is 1. The minimum atomic E-state index is -3.71. The van der Waals surface area contributed by atoms with Crippen LogP contribution in [0.4, 0.5) is 5.13 Å². The third-order valence-corrected chi connectivity index (χ3v) is 6.37. The summed E-state index contributed by atoms with van der Waals surface area (Å²) in [4.78, 5) is 8.67. The number of rotatable bonds is 5. The lowest BCUT2D eigenvalue weighted by Crippen LogP contribution is -2.11. The Morgan fingerprint density at radius 1 is 1.40 bits per heavy atom. The predicted molar refractivity (Wildman–Crippen MR) is 81.7 cm³/mol. The van der Waals surface area contributed by atoms with Gasteiger partial charge in [-0.3, -0.25) is 0 Å². The van der Waals surface area contributed by atoms with Gasteiger partial charge in [-0.05, 0) is 20.3 Å². The van der Waals surface area contributed by atoms with Crippen LogP contribution in [0.25, 0.3) is 0 Å². The van der Waals surface area contributed by atoms with E-state index in [1.54, 1.807) is 18.3 Å². The van der Waals surface area contributed by atoms with Gasteiger partial charge in [0.25, 0.3) is 0 Å². The maximum absolute atomic E-state index is 11.4. The molecule has 6 nitrogen and oxygen atoms in total. The van der Waals surface area contributed by atoms with Crippen LogP contribution in [0.1, 0.15) is 35.8 Å². The molecule has 2 aromatic rings. The van der Waals surface area contributed by atoms with Crippen molar-refractivity contribution in [2.45, 2.75) is 37.4 Å². The van der Waals surface area contributed by atoms with Crippen molar-refractivity contribution >= 4 is 37.8 Å². The highest BCUT2D eigenvalue weighted by atomic mass is 32.2. The Morgan fingerprint density at radius 2 is 2.10 bits per heavy atom. The summed E-state index contributed by atoms with van der Waals surface area (Å²) in [5.74, 6) is 0. The molecule has 2 aromatic heterocycles. The first-order valence-electron chi connectivity index (χ1n) is 6.00. The average Bonchev–Trinajstić information content (AvgIpc) is 2.91. The van der Waals surface area contributed by atoms with Crippen LogP contribution in [0.15, 0.2) is 9.59 Å². The zero-order chi connectivity index (χ0) is 14.9. The topological polar surface area (TPSA) is 98.0 Å². The maximum Gasteiger partial charge on any atom is 0.249 e. The van der Waals surface area contributed by atoms with Crippen molar-refractivity contribution < 1.29 is 8.42 Å². The Balaban J connectivity index is 2.25. The number of hydrogen-bond acceptors (Lipinski definition) is 7. The fourth-order valence-corrected chi connectivity index (χ4v) is 4.57. The first kappa shape index (κ1) is 15.4. The van der Waals surface area contributed by atoms with Crippen molar-refractivity contribution in [3.63, 3.8) is 0 Å². The van der Waals surface area contributed by atoms with Gasteiger partial charge in [0.1, 0.15) is 5.01 Å². The number of nitrogens with zero attached hydrogens (tertiary/aromatic N) is 2. The molecule has 0 spiro atoms. The Hall–Kier alpha value is -1.03. The van der Waals surface area contributed by atoms with Crippen LogP contribution >= 0.6 is 22.7 Å². The number of anilines is 1. The molecule has 0 saturated carbocycles. The van der Waals surface area contributed by atoms with Crippen LogP contribution in [-0.4, -0.2) is 18.4 Å². The van der Waals surface area contributed by atoms with E-state index in [0.29, 0.717) is 10.8 Å². The maximum atomic E-state index is 11.4. The smallest absolute Gasteiger partial charge is 0.249 e. The molecular formula is C11H16N4O2S3. The van der Waals surface area contributed by atoms with Gasteiger partial charge in [-0.15, -0.1) is 11.3 Å². The van der Waals surface area contributed by atoms with Gasteiger partial charge in [0, 0.05) is 11.1 Å². The summed E-state index contributed by atoms with van der Waals surface area (Å²) >= 11 is 2.63. The molecule has 0 aromatic carbocycles. The monoisotopic (exact) mass is 332 g/mol. The molecule has 1 unspecified atom stereocenters. The Kier molecular flexibility index (Phi) is 4.43. The standard InChI is InChI=1S/C11H16N4O2S3/c1-4-8(9-13-6(2)5-18-9)15-11-14-7(3)10(19-11)20(12,16)17/h5,8H,4H2,1-3H3,(H,14,15)(H2,12,16,17). The molecule has 0 radical (unpaired) electrons. The van der Waals surface area contributed by atoms with Gasteiger partial charge < -0.3 is 5.32 Å². The number of nitrogens with two attached hydrogens (primary N) is 1. The van der Waals surface area contributed by atoms with Gasteiger partial charge in [-0.2, -0.15) is 0 Å². The fourth-order valence-electron chi connectivity index (χ4n) is 1.73. The molecule has 0 aliphatic heterocycles. The second kappa shape index (κ2) is 5.76. The van der Waals surface area contributed by atoms with Crippen LogP contribution < -0.4 is 10.5 Å². The van der Waals surface area contributed by atoms with Crippen molar-refractivity contribution in [3.8, 4) is 0 Å². The Labute approximate surface area is 126 Å². The van der Waals surface area contributed by atoms with Gasteiger partial charge in [0.15, 0.2) is 9.34 Å². The largest absolute Gasteiger partial charge is 0.352 e. The average molecular weight is 332 g/mol. The summed E-state index contributed by atoms with van der Waals surface area (Å²) < 4.78 is 22.9. The first-order valence-corrected chi connectivity index (χ1v) is 9.24. The van der Waals surface area contributed by atoms with Crippen LogP contribution in [0.3, 0.4) is 0 Å². The highest BCUT2D eigenvalue weighted by Crippen LogP contribution is 2.31. The molecule has 110 valence electrons. The zero-order valence-electron chi connectivity index (χ0n) is 11.4. The van der Waals surface area contributed by atoms with Crippen molar-refractivity contribution in [2.75, 3.05) is 5.32 Å². The SMILES string of the molecule is CCC(Nc1nc(C)c(S(N)(=O)=O)s1)c1nc(C)cs1. The van der Waals surface area contributed by atoms with Crippen LogP contribution in [0, 0.1) is 13.8 Å². The van der Waals surface area contributed by atoms with Crippen molar-refractivity contribution in [2.24, 2.45) is 5.14 Å². The van der Waals surface area contributed by atoms with Crippen LogP contribution in [0.2, 0.25) is 0 Å². The van der Waals surface area contributed by atoms with E-state index in [1.807, 2.05) is 19.2 Å². The quantitative estimate of drug-likeness (QED) is 0.876. The number of aromatic nitrogens is 2. The highest BCUT2D eigenvalue weighted by Gasteiger charge is 2.20. The molecule has 0 bridgehead atoms. The molecule has 2 rings (SSSR count). The second-order valence-corrected chi connectivity index (χ2v) is 8.01. The van der Waals surface area contributed by atoms with Gasteiger partial charge in [0.05, 0.1) is 11.7 Å². The van der Waals surface area contributed by atoms with Gasteiger partial charge in [-0.1, -0.05) is 18.3 Å². The molecule has 3 N–H and O–H groups in total. The highest BCUT2D eigenvalue weighted by molar-refractivity contribution is 7.91. The normalized spacial score (nSPS) is 13.4. The van der Waals surface area contributed by atoms with Crippen LogP contribution in [-0.2, 0) is 10.0 Å². The Morgan fingerprint density at radius 3 is 2.55 bits per heavy atom. The number of sulfonamides is 1. The van der Waals surface area contributed by atoms with E-state index in [2.05, 4.69) is 15.3 Å². The number of thiazole rings is 2. The summed E-state index contributed by atoms with van der Waals surface area (Å²) in [6.07, 6.45) is 0.830. The van der Waals surface area contributed by atoms with E-state index in [9.17, 15) is 8.42 Å². The lowest BCUT2D eigenvalue weighted by molar-refractivity contribution is 0.599. The molecule has 0 saturated heterocycles. The molecule has 2 heterocycles. The lowest BCUT2D eigenvalue weighted by Gasteiger charge is -2.12. The summed E-state index contributed by atoms with van der Waals surface area (Å²) in [6, 6.07) is 0.0209. The summed E-state index contributed by atoms with van der Waals surface area (Å²) in [5, 5.41) is 11.9. The molecule has 0 aliphatic carbocycles. The number of hydrogen-bond donors (Lipinski definition) is 2. The van der Waals surface area contributed by atoms with E-state index in [0.717, 1.165) is 28.5 Å². The number of aryl methyl sites for hydroxylation is 2. The molecule has 9 heteroatoms. The third-order valence-electron chi connectivity index (χ3n) is 2.65. The Bertz CT molecular complexity index is 705. The minimum absolute atomic E-state index is 0.0209. The summed E-state index contributed by atoms with van der Waals surface area (Å²) in [6.45, 7) is 5.62. The van der Waals surface area contributed by atoms with Gasteiger partial charge in [-0.25, -0.2) is 23.5 Å². The lowest BCUT2D eigenvalue weighted by atomic mass is 10.2. The van der Waals surface area contributed by atoms with Crippen LogP contribution in [0.5, 0.6) is 0 Å². The summed E-state index contributed by atoms with van der Waals surface area (Å²) in [5.41, 5.74) is 1.40. The molecule has 1 atom stereocenters. The fraction of sp³-hybridized carbons (Fsp3) is 0.455. The van der Waals surface area contributed by atoms with Crippen molar-refractivity contribution in [3.05, 3.63) is 21.8 Å². The first-order chi connectivity index (χ1) is 9.31. The molecular weight excluding hydrogens is 316 g/mol. The van der Waals surface area contributed by atoms with E-state index >= 15 is 0 Å². The van der Waals surface area contributed by atoms with Crippen molar-refractivity contribution in [1.82, 2.24) is 9.97 Å². The van der Waals surface area contributed by atoms with E-state index < -0.39 is 10.0 Å². The van der Waals surface area contributed by atoms with E-state index in [4.69, 9.17) is 5.14 Å². The van der Waals surface area contributed by atoms with E-state index in [1.165, 1.54) is 0 Å². The zero-order valence-corrected chi connectivity index (χ0v) is 13.8. The molecule has 0 aliphatic rings. The van der Waals surface area contributed by atoms with E-state index in [-0.39, 0.29) is 10.3 Å². The number of primary sulfonamides is 1. The minimum Gasteiger partial charge on any atom is -0.352 e. The molecule has 20 heavy (non-hydrogen) atoms. The second-order valence-electron chi connectivity index (χ2n) is 4.37. The molecule has 0 fully saturated rings. The summed E-state index contributed by atoms with van der Waals surface area (Å²) in [7, 11) is -3.71. The third kappa shape index (κ3) is 3.35. The van der Waals surface area contributed by atoms with Gasteiger partial charge >= 0.3 is 0 Å². The molecule has 0 amide bonds. The predicted octanol–water partition coefficient (Wildman–Crippen LogP) is 2.43. The van der Waals surface area contributed by atoms with Gasteiger partial charge in [0.2, 0.25) is 10.0 Å². The van der Waals surface area contributed by atoms with Crippen molar-refractivity contribution in [1.29, 1.82) is 0 Å².